The molecule has 1 fully saturated rings. The second kappa shape index (κ2) is 13.6. The molecule has 5 rings (SSSR count). The predicted molar refractivity (Wildman–Crippen MR) is 156 cm³/mol. The van der Waals surface area contributed by atoms with Crippen LogP contribution in [-0.2, 0) is 33.0 Å². The molecule has 0 aliphatic carbocycles. The second-order valence-corrected chi connectivity index (χ2v) is 11.7. The number of esters is 1. The predicted octanol–water partition coefficient (Wildman–Crippen LogP) is 4.36. The van der Waals surface area contributed by atoms with Crippen molar-refractivity contribution in [1.29, 1.82) is 0 Å². The molecule has 14 heteroatoms. The number of nitrogens with one attached hydrogen (secondary N) is 3. The molecular weight excluding hydrogens is 618 g/mol. The molecule has 2 aromatic carbocycles. The van der Waals surface area contributed by atoms with Crippen molar-refractivity contribution < 1.29 is 45.7 Å². The second-order valence-electron chi connectivity index (χ2n) is 11.7. The number of piperidine rings is 1. The quantitative estimate of drug-likeness (QED) is 0.243. The van der Waals surface area contributed by atoms with E-state index >= 15 is 0 Å². The third-order valence-corrected chi connectivity index (χ3v) is 8.49. The van der Waals surface area contributed by atoms with E-state index in [1.54, 1.807) is 31.2 Å². The molecule has 3 aliphatic heterocycles. The molecule has 2 aromatic rings. The normalized spacial score (nSPS) is 25.7. The fourth-order valence-electron chi connectivity index (χ4n) is 6.21. The molecule has 1 saturated heterocycles. The number of halogens is 6. The van der Waals surface area contributed by atoms with Crippen molar-refractivity contribution in [2.75, 3.05) is 32.9 Å². The molecule has 0 aromatic heterocycles. The Hall–Kier alpha value is -3.59. The zero-order valence-corrected chi connectivity index (χ0v) is 25.4. The number of likely N-dealkylation sites (tertiary alicyclic amines) is 1. The van der Waals surface area contributed by atoms with Crippen molar-refractivity contribution in [2.24, 2.45) is 5.92 Å². The van der Waals surface area contributed by atoms with Gasteiger partial charge < -0.3 is 25.1 Å². The maximum Gasteiger partial charge on any atom is 0.416 e. The first-order valence-corrected chi connectivity index (χ1v) is 15.1. The Labute approximate surface area is 262 Å². The van der Waals surface area contributed by atoms with E-state index in [-0.39, 0.29) is 49.0 Å². The maximum atomic E-state index is 14.6. The molecule has 3 aliphatic rings. The van der Waals surface area contributed by atoms with E-state index in [1.807, 2.05) is 17.9 Å². The maximum absolute atomic E-state index is 14.6. The lowest BCUT2D eigenvalue weighted by atomic mass is 9.92. The standard InChI is InChI=1S/C32H36F6N4O4/c1-3-45-30(43)21-8-6-10-41(17-21)28-15-27(24-9-5-4-7-19(24)2)42(44)26(25-16-39-18-40-29(25)46-28)13-20-11-22(31(33,34)35)14-23(12-20)32(36,37)38/h4-5,7,9,11-12,14-15,21,26,28,39-40,42H,3,6,8,10,13,16-18H2,1-2H3/b27-15-. The van der Waals surface area contributed by atoms with Crippen LogP contribution in [0.1, 0.15) is 47.6 Å². The van der Waals surface area contributed by atoms with Crippen molar-refractivity contribution in [1.82, 2.24) is 15.5 Å². The van der Waals surface area contributed by atoms with Gasteiger partial charge in [-0.3, -0.25) is 15.0 Å². The molecule has 0 bridgehead atoms. The van der Waals surface area contributed by atoms with Gasteiger partial charge in [0.1, 0.15) is 11.7 Å². The molecule has 4 unspecified atom stereocenters. The summed E-state index contributed by atoms with van der Waals surface area (Å²) in [5, 5.41) is 20.3. The summed E-state index contributed by atoms with van der Waals surface area (Å²) in [7, 11) is 0. The summed E-state index contributed by atoms with van der Waals surface area (Å²) in [6.07, 6.45) is -8.35. The summed E-state index contributed by atoms with van der Waals surface area (Å²) in [4.78, 5) is 14.6. The molecular formula is C32H36F6N4O4. The highest BCUT2D eigenvalue weighted by atomic mass is 19.4. The number of alkyl halides is 6. The summed E-state index contributed by atoms with van der Waals surface area (Å²) in [5.41, 5.74) is -1.26. The van der Waals surface area contributed by atoms with Gasteiger partial charge in [-0.05, 0) is 62.1 Å². The Morgan fingerprint density at radius 2 is 1.80 bits per heavy atom. The van der Waals surface area contributed by atoms with Crippen LogP contribution in [0.4, 0.5) is 26.3 Å². The number of carbonyl (C=O) groups is 1. The highest BCUT2D eigenvalue weighted by molar-refractivity contribution is 5.72. The van der Waals surface area contributed by atoms with Crippen molar-refractivity contribution in [3.63, 3.8) is 0 Å². The van der Waals surface area contributed by atoms with Gasteiger partial charge in [-0.2, -0.15) is 26.3 Å². The number of hydrogen-bond donors (Lipinski definition) is 3. The molecule has 0 amide bonds. The number of quaternary nitrogens is 1. The van der Waals surface area contributed by atoms with Crippen molar-refractivity contribution in [2.45, 2.75) is 57.7 Å². The smallest absolute Gasteiger partial charge is 0.416 e. The first-order valence-electron chi connectivity index (χ1n) is 15.1. The fraction of sp³-hybridized carbons (Fsp3) is 0.469. The van der Waals surface area contributed by atoms with Crippen LogP contribution in [0.25, 0.3) is 5.70 Å². The third-order valence-electron chi connectivity index (χ3n) is 8.49. The van der Waals surface area contributed by atoms with Crippen LogP contribution >= 0.6 is 0 Å². The Kier molecular flexibility index (Phi) is 10.0. The van der Waals surface area contributed by atoms with Gasteiger partial charge in [0.2, 0.25) is 0 Å². The summed E-state index contributed by atoms with van der Waals surface area (Å²) < 4.78 is 94.1. The summed E-state index contributed by atoms with van der Waals surface area (Å²) >= 11 is 0. The third kappa shape index (κ3) is 7.51. The lowest BCUT2D eigenvalue weighted by molar-refractivity contribution is -0.793. The molecule has 250 valence electrons. The van der Waals surface area contributed by atoms with Crippen molar-refractivity contribution in [3.05, 3.63) is 93.0 Å². The van der Waals surface area contributed by atoms with E-state index in [0.29, 0.717) is 49.2 Å². The van der Waals surface area contributed by atoms with Gasteiger partial charge in [0.15, 0.2) is 12.1 Å². The first kappa shape index (κ1) is 33.8. The Morgan fingerprint density at radius 1 is 1.11 bits per heavy atom. The molecule has 46 heavy (non-hydrogen) atoms. The number of ether oxygens (including phenoxy) is 2. The Balaban J connectivity index is 1.60. The average Bonchev–Trinajstić information content (AvgIpc) is 3.01. The minimum Gasteiger partial charge on any atom is -0.628 e. The lowest BCUT2D eigenvalue weighted by Crippen LogP contribution is -3.09. The number of carbonyl (C=O) groups excluding carboxylic acids is 1. The van der Waals surface area contributed by atoms with Gasteiger partial charge >= 0.3 is 18.3 Å². The van der Waals surface area contributed by atoms with Crippen LogP contribution in [-0.4, -0.2) is 56.0 Å². The number of nitrogens with zero attached hydrogens (tertiary/aromatic N) is 1. The molecule has 8 nitrogen and oxygen atoms in total. The minimum atomic E-state index is -5.03. The number of aryl methyl sites for hydroxylation is 1. The Morgan fingerprint density at radius 3 is 2.46 bits per heavy atom. The molecule has 0 saturated carbocycles. The van der Waals surface area contributed by atoms with E-state index in [4.69, 9.17) is 9.47 Å². The van der Waals surface area contributed by atoms with Gasteiger partial charge in [0.05, 0.1) is 35.9 Å². The summed E-state index contributed by atoms with van der Waals surface area (Å²) in [5.74, 6) is -0.500. The van der Waals surface area contributed by atoms with Crippen LogP contribution < -0.4 is 15.7 Å². The summed E-state index contributed by atoms with van der Waals surface area (Å²) in [6.45, 7) is 5.02. The fourth-order valence-corrected chi connectivity index (χ4v) is 6.21. The minimum absolute atomic E-state index is 0.0758. The largest absolute Gasteiger partial charge is 0.628 e. The van der Waals surface area contributed by atoms with Gasteiger partial charge in [-0.1, -0.05) is 18.2 Å². The van der Waals surface area contributed by atoms with Crippen LogP contribution in [0.2, 0.25) is 0 Å². The number of rotatable bonds is 6. The monoisotopic (exact) mass is 654 g/mol. The van der Waals surface area contributed by atoms with Crippen molar-refractivity contribution >= 4 is 11.7 Å². The zero-order chi connectivity index (χ0) is 33.2. The van der Waals surface area contributed by atoms with E-state index in [9.17, 15) is 36.3 Å². The Bertz CT molecular complexity index is 1460. The van der Waals surface area contributed by atoms with Crippen LogP contribution in [0.5, 0.6) is 0 Å². The number of benzene rings is 2. The molecule has 0 spiro atoms. The van der Waals surface area contributed by atoms with Gasteiger partial charge in [-0.25, -0.2) is 0 Å². The highest BCUT2D eigenvalue weighted by Gasteiger charge is 2.40. The molecule has 0 radical (unpaired) electrons. The van der Waals surface area contributed by atoms with E-state index < -0.39 is 53.2 Å². The van der Waals surface area contributed by atoms with Crippen LogP contribution in [0.15, 0.2) is 60.0 Å². The van der Waals surface area contributed by atoms with Gasteiger partial charge in [0.25, 0.3) is 0 Å². The first-order chi connectivity index (χ1) is 21.8. The average molecular weight is 655 g/mol. The SMILES string of the molecule is CCOC(=O)C1CCCN(C2/C=C(/c3ccccc3C)[NH+]([O-])C(Cc3cc(C(F)(F)F)cc(C(F)(F)F)c3)C3=C(NCNC3)O2)C1. The highest BCUT2D eigenvalue weighted by Crippen LogP contribution is 2.37. The van der Waals surface area contributed by atoms with E-state index in [1.165, 1.54) is 0 Å². The van der Waals surface area contributed by atoms with Gasteiger partial charge in [-0.15, -0.1) is 0 Å². The number of hydroxylamine groups is 2. The molecule has 4 atom stereocenters. The topological polar surface area (TPSA) is 90.3 Å². The van der Waals surface area contributed by atoms with Crippen molar-refractivity contribution in [3.8, 4) is 0 Å². The van der Waals surface area contributed by atoms with Gasteiger partial charge in [0, 0.05) is 37.7 Å². The van der Waals surface area contributed by atoms with Crippen LogP contribution in [0, 0.1) is 18.0 Å². The lowest BCUT2D eigenvalue weighted by Gasteiger charge is -2.42. The van der Waals surface area contributed by atoms with Crippen LogP contribution in [0.3, 0.4) is 0 Å². The number of hydrogen-bond acceptors (Lipinski definition) is 7. The van der Waals surface area contributed by atoms with E-state index in [0.717, 1.165) is 5.56 Å². The summed E-state index contributed by atoms with van der Waals surface area (Å²) in [6, 6.07) is 7.34. The molecule has 3 heterocycles. The van der Waals surface area contributed by atoms with E-state index in [2.05, 4.69) is 10.6 Å². The molecule has 3 N–H and O–H groups in total. The zero-order valence-electron chi connectivity index (χ0n) is 25.4.